The number of aliphatic hydroxyl groups excluding tert-OH is 1. The van der Waals surface area contributed by atoms with Crippen molar-refractivity contribution in [2.75, 3.05) is 20.3 Å². The molecule has 64 valence electrons. The lowest BCUT2D eigenvalue weighted by Crippen LogP contribution is -2.32. The van der Waals surface area contributed by atoms with Crippen molar-refractivity contribution >= 4 is 0 Å². The van der Waals surface area contributed by atoms with Crippen molar-refractivity contribution in [2.45, 2.75) is 24.4 Å². The normalized spacial score (nSPS) is 49.6. The second-order valence-corrected chi connectivity index (χ2v) is 2.94. The summed E-state index contributed by atoms with van der Waals surface area (Å²) in [6.07, 6.45) is -0.702. The van der Waals surface area contributed by atoms with Gasteiger partial charge in [-0.1, -0.05) is 0 Å². The topological polar surface area (TPSA) is 47.9 Å². The fourth-order valence-electron chi connectivity index (χ4n) is 1.65. The van der Waals surface area contributed by atoms with Gasteiger partial charge in [-0.15, -0.1) is 0 Å². The number of rotatable bonds is 1. The van der Waals surface area contributed by atoms with Crippen molar-refractivity contribution in [1.82, 2.24) is 0 Å². The molecule has 0 aromatic rings. The van der Waals surface area contributed by atoms with Gasteiger partial charge in [0.25, 0.3) is 0 Å². The molecule has 4 atom stereocenters. The molecule has 2 fully saturated rings. The van der Waals surface area contributed by atoms with E-state index in [1.54, 1.807) is 7.11 Å². The van der Waals surface area contributed by atoms with E-state index in [2.05, 4.69) is 0 Å². The molecule has 0 unspecified atom stereocenters. The van der Waals surface area contributed by atoms with Crippen LogP contribution < -0.4 is 0 Å². The third-order valence-electron chi connectivity index (χ3n) is 2.28. The van der Waals surface area contributed by atoms with Crippen LogP contribution in [0.5, 0.6) is 0 Å². The molecule has 11 heavy (non-hydrogen) atoms. The van der Waals surface area contributed by atoms with Crippen molar-refractivity contribution in [3.63, 3.8) is 0 Å². The Bertz CT molecular complexity index is 149. The van der Waals surface area contributed by atoms with Crippen molar-refractivity contribution in [3.8, 4) is 0 Å². The lowest BCUT2D eigenvalue weighted by Gasteiger charge is -2.12. The van der Waals surface area contributed by atoms with Gasteiger partial charge in [0.2, 0.25) is 0 Å². The second kappa shape index (κ2) is 2.71. The summed E-state index contributed by atoms with van der Waals surface area (Å²) >= 11 is 0. The van der Waals surface area contributed by atoms with Crippen LogP contribution >= 0.6 is 0 Å². The molecule has 2 rings (SSSR count). The molecule has 2 heterocycles. The average Bonchev–Trinajstić information content (AvgIpc) is 2.53. The van der Waals surface area contributed by atoms with E-state index in [1.807, 2.05) is 0 Å². The van der Waals surface area contributed by atoms with Crippen LogP contribution in [0.1, 0.15) is 0 Å². The smallest absolute Gasteiger partial charge is 0.115 e. The molecule has 2 aliphatic heterocycles. The van der Waals surface area contributed by atoms with E-state index in [-0.39, 0.29) is 18.3 Å². The highest BCUT2D eigenvalue weighted by Crippen LogP contribution is 2.28. The molecule has 4 nitrogen and oxygen atoms in total. The number of aliphatic hydroxyl groups is 1. The quantitative estimate of drug-likeness (QED) is 0.543. The lowest BCUT2D eigenvalue weighted by atomic mass is 10.1. The first-order valence-electron chi connectivity index (χ1n) is 3.77. The fraction of sp³-hybridized carbons (Fsp3) is 1.00. The predicted molar refractivity (Wildman–Crippen MR) is 36.3 cm³/mol. The van der Waals surface area contributed by atoms with Gasteiger partial charge in [-0.05, 0) is 0 Å². The van der Waals surface area contributed by atoms with Crippen molar-refractivity contribution in [2.24, 2.45) is 0 Å². The Labute approximate surface area is 65.1 Å². The summed E-state index contributed by atoms with van der Waals surface area (Å²) in [6, 6.07) is 0. The minimum Gasteiger partial charge on any atom is -0.388 e. The molecule has 0 aliphatic carbocycles. The molecule has 2 saturated heterocycles. The zero-order valence-corrected chi connectivity index (χ0v) is 6.40. The van der Waals surface area contributed by atoms with Gasteiger partial charge in [0.15, 0.2) is 0 Å². The predicted octanol–water partition coefficient (Wildman–Crippen LogP) is -0.840. The van der Waals surface area contributed by atoms with Crippen LogP contribution in [0.15, 0.2) is 0 Å². The van der Waals surface area contributed by atoms with E-state index in [0.29, 0.717) is 13.2 Å². The maximum absolute atomic E-state index is 9.31. The summed E-state index contributed by atoms with van der Waals surface area (Å²) in [5.74, 6) is 0. The van der Waals surface area contributed by atoms with E-state index in [9.17, 15) is 5.11 Å². The Balaban J connectivity index is 2.04. The van der Waals surface area contributed by atoms with Crippen LogP contribution in [-0.4, -0.2) is 49.8 Å². The highest BCUT2D eigenvalue weighted by molar-refractivity contribution is 4.94. The van der Waals surface area contributed by atoms with Crippen LogP contribution in [-0.2, 0) is 14.2 Å². The summed E-state index contributed by atoms with van der Waals surface area (Å²) < 4.78 is 15.7. The summed E-state index contributed by atoms with van der Waals surface area (Å²) in [4.78, 5) is 0. The van der Waals surface area contributed by atoms with E-state index in [4.69, 9.17) is 14.2 Å². The molecule has 4 heteroatoms. The number of methoxy groups -OCH3 is 1. The molecule has 1 N–H and O–H groups in total. The first-order valence-corrected chi connectivity index (χ1v) is 3.77. The summed E-state index contributed by atoms with van der Waals surface area (Å²) in [5, 5.41) is 9.31. The SMILES string of the molecule is CO[C@@H]1CO[C@H]2[C@@H]1OC[C@@H]2O. The average molecular weight is 160 g/mol. The number of hydrogen-bond donors (Lipinski definition) is 1. The second-order valence-electron chi connectivity index (χ2n) is 2.94. The Morgan fingerprint density at radius 3 is 2.73 bits per heavy atom. The van der Waals surface area contributed by atoms with Crippen LogP contribution in [0.2, 0.25) is 0 Å². The molecular weight excluding hydrogens is 148 g/mol. The highest BCUT2D eigenvalue weighted by Gasteiger charge is 2.47. The van der Waals surface area contributed by atoms with Gasteiger partial charge in [0.05, 0.1) is 13.2 Å². The molecule has 0 spiro atoms. The van der Waals surface area contributed by atoms with E-state index in [0.717, 1.165) is 0 Å². The minimum atomic E-state index is -0.472. The van der Waals surface area contributed by atoms with Gasteiger partial charge < -0.3 is 19.3 Å². The van der Waals surface area contributed by atoms with E-state index in [1.165, 1.54) is 0 Å². The van der Waals surface area contributed by atoms with Gasteiger partial charge in [0.1, 0.15) is 24.4 Å². The van der Waals surface area contributed by atoms with Gasteiger partial charge >= 0.3 is 0 Å². The van der Waals surface area contributed by atoms with Gasteiger partial charge in [-0.3, -0.25) is 0 Å². The monoisotopic (exact) mass is 160 g/mol. The van der Waals surface area contributed by atoms with Crippen molar-refractivity contribution < 1.29 is 19.3 Å². The number of fused-ring (bicyclic) bond motifs is 1. The summed E-state index contributed by atoms with van der Waals surface area (Å²) in [7, 11) is 1.63. The molecular formula is C7H12O4. The highest BCUT2D eigenvalue weighted by atomic mass is 16.6. The minimum absolute atomic E-state index is 0.00264. The summed E-state index contributed by atoms with van der Waals surface area (Å²) in [6.45, 7) is 0.901. The maximum Gasteiger partial charge on any atom is 0.115 e. The standard InChI is InChI=1S/C7H12O4/c1-9-5-3-11-6-4(8)2-10-7(5)6/h4-8H,2-3H2,1H3/t4-,5+,6+,7+/m0/s1. The third kappa shape index (κ3) is 1.06. The number of ether oxygens (including phenoxy) is 3. The van der Waals surface area contributed by atoms with Crippen LogP contribution in [0.3, 0.4) is 0 Å². The van der Waals surface area contributed by atoms with Crippen LogP contribution in [0.25, 0.3) is 0 Å². The molecule has 2 aliphatic rings. The Morgan fingerprint density at radius 1 is 1.27 bits per heavy atom. The van der Waals surface area contributed by atoms with E-state index >= 15 is 0 Å². The van der Waals surface area contributed by atoms with Gasteiger partial charge in [-0.2, -0.15) is 0 Å². The zero-order chi connectivity index (χ0) is 7.84. The summed E-state index contributed by atoms with van der Waals surface area (Å²) in [5.41, 5.74) is 0. The van der Waals surface area contributed by atoms with Crippen molar-refractivity contribution in [1.29, 1.82) is 0 Å². The molecule has 0 saturated carbocycles. The Hall–Kier alpha value is -0.160. The maximum atomic E-state index is 9.31. The first kappa shape index (κ1) is 7.49. The van der Waals surface area contributed by atoms with E-state index < -0.39 is 6.10 Å². The Kier molecular flexibility index (Phi) is 1.85. The molecule has 0 radical (unpaired) electrons. The van der Waals surface area contributed by atoms with Gasteiger partial charge in [0, 0.05) is 7.11 Å². The molecule has 0 amide bonds. The fourth-order valence-corrected chi connectivity index (χ4v) is 1.65. The van der Waals surface area contributed by atoms with Crippen LogP contribution in [0.4, 0.5) is 0 Å². The van der Waals surface area contributed by atoms with Crippen molar-refractivity contribution in [3.05, 3.63) is 0 Å². The number of hydrogen-bond acceptors (Lipinski definition) is 4. The Morgan fingerprint density at radius 2 is 2.00 bits per heavy atom. The van der Waals surface area contributed by atoms with Gasteiger partial charge in [-0.25, -0.2) is 0 Å². The lowest BCUT2D eigenvalue weighted by molar-refractivity contribution is -0.0168. The third-order valence-corrected chi connectivity index (χ3v) is 2.28. The first-order chi connectivity index (χ1) is 5.33. The largest absolute Gasteiger partial charge is 0.388 e. The molecule has 0 bridgehead atoms. The van der Waals surface area contributed by atoms with Crippen LogP contribution in [0, 0.1) is 0 Å². The molecule has 0 aromatic carbocycles. The molecule has 0 aromatic heterocycles. The zero-order valence-electron chi connectivity index (χ0n) is 6.40.